The number of benzene rings is 1. The van der Waals surface area contributed by atoms with Crippen LogP contribution in [0, 0.1) is 16.7 Å². The molecule has 13 nitrogen and oxygen atoms in total. The number of nitriles is 1. The highest BCUT2D eigenvalue weighted by molar-refractivity contribution is 6.38. The molecule has 6 rings (SSSR count). The number of halogens is 1. The fraction of sp³-hybridized carbons (Fsp3) is 0.346. The normalized spacial score (nSPS) is 23.2. The molecule has 2 saturated heterocycles. The lowest BCUT2D eigenvalue weighted by Crippen LogP contribution is -2.75. The van der Waals surface area contributed by atoms with E-state index < -0.39 is 41.3 Å². The van der Waals surface area contributed by atoms with Crippen LogP contribution in [0.3, 0.4) is 0 Å². The molecule has 5 amide bonds. The van der Waals surface area contributed by atoms with E-state index in [1.807, 2.05) is 13.0 Å². The van der Waals surface area contributed by atoms with Crippen LogP contribution in [0.2, 0.25) is 5.02 Å². The molecule has 1 spiro atoms. The number of carbonyl (C=O) groups excluding carboxylic acids is 4. The van der Waals surface area contributed by atoms with Crippen molar-refractivity contribution < 1.29 is 28.4 Å². The van der Waals surface area contributed by atoms with Gasteiger partial charge in [-0.2, -0.15) is 5.26 Å². The van der Waals surface area contributed by atoms with E-state index in [0.29, 0.717) is 16.8 Å². The summed E-state index contributed by atoms with van der Waals surface area (Å²) in [5.41, 5.74) is 0.119. The van der Waals surface area contributed by atoms with Gasteiger partial charge in [0.05, 0.1) is 41.3 Å². The van der Waals surface area contributed by atoms with Crippen molar-refractivity contribution in [2.24, 2.45) is 5.41 Å². The Morgan fingerprint density at radius 1 is 1.27 bits per heavy atom. The number of anilines is 1. The molecule has 2 aromatic heterocycles. The summed E-state index contributed by atoms with van der Waals surface area (Å²) in [5.74, 6) is -2.14. The molecule has 3 aliphatic rings. The standard InChI is InChI=1S/C26H22ClN7O6/c1-11-10-34-19-15(7-26(21(34)12(2)39-11)23(36)31-25(38)32-24(26)37)30-17-18(33-40-20(17)16(19)27)22(35)29-9-14-5-3-4-13(6-14)8-28/h3-6,11-12,21H,7,9-10H2,1-2H3,(H,29,35)(H2,31,32,36,37,38)/t11-,12+,21-/m1/s1. The van der Waals surface area contributed by atoms with E-state index in [4.69, 9.17) is 26.1 Å². The average molecular weight is 564 g/mol. The third-order valence-electron chi connectivity index (χ3n) is 7.50. The van der Waals surface area contributed by atoms with Crippen LogP contribution in [0.4, 0.5) is 10.5 Å². The second-order valence-corrected chi connectivity index (χ2v) is 10.4. The topological polar surface area (TPSA) is 180 Å². The third kappa shape index (κ3) is 3.79. The zero-order valence-electron chi connectivity index (χ0n) is 21.3. The van der Waals surface area contributed by atoms with Gasteiger partial charge in [0, 0.05) is 19.5 Å². The number of hydrogen-bond donors (Lipinski definition) is 3. The predicted octanol–water partition coefficient (Wildman–Crippen LogP) is 1.57. The van der Waals surface area contributed by atoms with Gasteiger partial charge in [-0.25, -0.2) is 9.78 Å². The first-order chi connectivity index (χ1) is 19.1. The number of imide groups is 2. The fourth-order valence-electron chi connectivity index (χ4n) is 5.92. The zero-order chi connectivity index (χ0) is 28.3. The molecule has 0 radical (unpaired) electrons. The van der Waals surface area contributed by atoms with Gasteiger partial charge in [0.25, 0.3) is 5.91 Å². The summed E-state index contributed by atoms with van der Waals surface area (Å²) in [4.78, 5) is 58.2. The van der Waals surface area contributed by atoms with Gasteiger partial charge in [-0.3, -0.25) is 25.0 Å². The second-order valence-electron chi connectivity index (χ2n) is 10.1. The van der Waals surface area contributed by atoms with Crippen molar-refractivity contribution in [1.29, 1.82) is 5.26 Å². The van der Waals surface area contributed by atoms with Gasteiger partial charge in [0.2, 0.25) is 17.4 Å². The molecule has 3 aromatic rings. The molecular weight excluding hydrogens is 542 g/mol. The first kappa shape index (κ1) is 25.7. The van der Waals surface area contributed by atoms with E-state index in [-0.39, 0.29) is 53.1 Å². The summed E-state index contributed by atoms with van der Waals surface area (Å²) >= 11 is 6.85. The molecule has 3 aliphatic heterocycles. The van der Waals surface area contributed by atoms with Crippen LogP contribution in [0.5, 0.6) is 0 Å². The average Bonchev–Trinajstić information content (AvgIpc) is 3.34. The number of pyridine rings is 1. The Hall–Kier alpha value is -4.54. The summed E-state index contributed by atoms with van der Waals surface area (Å²) < 4.78 is 11.5. The lowest BCUT2D eigenvalue weighted by Gasteiger charge is -2.55. The Bertz CT molecular complexity index is 1640. The minimum atomic E-state index is -1.75. The van der Waals surface area contributed by atoms with Crippen LogP contribution in [0.15, 0.2) is 28.8 Å². The molecule has 0 bridgehead atoms. The maximum Gasteiger partial charge on any atom is 0.328 e. The van der Waals surface area contributed by atoms with Gasteiger partial charge in [-0.1, -0.05) is 28.9 Å². The van der Waals surface area contributed by atoms with E-state index in [9.17, 15) is 19.2 Å². The van der Waals surface area contributed by atoms with E-state index in [1.165, 1.54) is 0 Å². The maximum atomic E-state index is 13.4. The minimum absolute atomic E-state index is 0.0580. The van der Waals surface area contributed by atoms with Gasteiger partial charge >= 0.3 is 6.03 Å². The highest BCUT2D eigenvalue weighted by Gasteiger charge is 2.63. The number of barbiturate groups is 1. The van der Waals surface area contributed by atoms with Crippen molar-refractivity contribution in [2.45, 2.75) is 45.1 Å². The summed E-state index contributed by atoms with van der Waals surface area (Å²) in [6, 6.07) is 7.11. The molecule has 2 fully saturated rings. The molecule has 0 saturated carbocycles. The van der Waals surface area contributed by atoms with Gasteiger partial charge < -0.3 is 19.5 Å². The fourth-order valence-corrected chi connectivity index (χ4v) is 6.26. The lowest BCUT2D eigenvalue weighted by molar-refractivity contribution is -0.153. The monoisotopic (exact) mass is 563 g/mol. The highest BCUT2D eigenvalue weighted by atomic mass is 35.5. The zero-order valence-corrected chi connectivity index (χ0v) is 22.0. The number of morpholine rings is 1. The van der Waals surface area contributed by atoms with E-state index in [0.717, 1.165) is 0 Å². The minimum Gasteiger partial charge on any atom is -0.372 e. The number of hydrogen-bond acceptors (Lipinski definition) is 10. The first-order valence-corrected chi connectivity index (χ1v) is 12.9. The first-order valence-electron chi connectivity index (χ1n) is 12.5. The van der Waals surface area contributed by atoms with Gasteiger partial charge in [-0.15, -0.1) is 0 Å². The van der Waals surface area contributed by atoms with Crippen LogP contribution in [-0.2, 0) is 27.3 Å². The summed E-state index contributed by atoms with van der Waals surface area (Å²) in [7, 11) is 0. The largest absolute Gasteiger partial charge is 0.372 e. The van der Waals surface area contributed by atoms with E-state index in [1.54, 1.807) is 36.1 Å². The Morgan fingerprint density at radius 2 is 2.02 bits per heavy atom. The molecular formula is C26H22ClN7O6. The number of ether oxygens (including phenoxy) is 1. The smallest absolute Gasteiger partial charge is 0.328 e. The van der Waals surface area contributed by atoms with Crippen LogP contribution >= 0.6 is 11.6 Å². The quantitative estimate of drug-likeness (QED) is 0.396. The molecule has 5 heterocycles. The molecule has 1 aromatic carbocycles. The number of carbonyl (C=O) groups is 4. The predicted molar refractivity (Wildman–Crippen MR) is 138 cm³/mol. The molecule has 3 atom stereocenters. The lowest BCUT2D eigenvalue weighted by atomic mass is 9.67. The highest BCUT2D eigenvalue weighted by Crippen LogP contribution is 2.50. The Labute approximate surface area is 231 Å². The van der Waals surface area contributed by atoms with Gasteiger partial charge in [0.1, 0.15) is 10.5 Å². The number of nitrogens with one attached hydrogen (secondary N) is 3. The van der Waals surface area contributed by atoms with Crippen molar-refractivity contribution in [2.75, 3.05) is 11.4 Å². The SMILES string of the molecule is C[C@@H]1CN2c3c(nc4c(C(=O)NCc5cccc(C#N)c5)noc4c3Cl)CC3(C(=O)NC(=O)NC3=O)[C@H]2[C@H](C)O1. The number of fused-ring (bicyclic) bond motifs is 5. The van der Waals surface area contributed by atoms with Crippen molar-refractivity contribution in [3.63, 3.8) is 0 Å². The molecule has 0 unspecified atom stereocenters. The Morgan fingerprint density at radius 3 is 2.75 bits per heavy atom. The summed E-state index contributed by atoms with van der Waals surface area (Å²) in [5, 5.41) is 20.3. The second kappa shape index (κ2) is 9.29. The summed E-state index contributed by atoms with van der Waals surface area (Å²) in [6.45, 7) is 3.99. The summed E-state index contributed by atoms with van der Waals surface area (Å²) in [6.07, 6.45) is -1.09. The van der Waals surface area contributed by atoms with Gasteiger partial charge in [0.15, 0.2) is 11.1 Å². The van der Waals surface area contributed by atoms with Crippen molar-refractivity contribution >= 4 is 52.1 Å². The number of aromatic nitrogens is 2. The number of nitrogens with zero attached hydrogens (tertiary/aromatic N) is 4. The van der Waals surface area contributed by atoms with Gasteiger partial charge in [-0.05, 0) is 31.5 Å². The van der Waals surface area contributed by atoms with E-state index in [2.05, 4.69) is 26.1 Å². The van der Waals surface area contributed by atoms with Crippen LogP contribution in [0.25, 0.3) is 11.1 Å². The van der Waals surface area contributed by atoms with Crippen LogP contribution < -0.4 is 20.9 Å². The van der Waals surface area contributed by atoms with Crippen molar-refractivity contribution in [3.8, 4) is 6.07 Å². The third-order valence-corrected chi connectivity index (χ3v) is 7.85. The van der Waals surface area contributed by atoms with E-state index >= 15 is 0 Å². The maximum absolute atomic E-state index is 13.4. The molecule has 3 N–H and O–H groups in total. The number of urea groups is 1. The number of rotatable bonds is 3. The van der Waals surface area contributed by atoms with Crippen LogP contribution in [0.1, 0.15) is 41.2 Å². The van der Waals surface area contributed by atoms with Crippen LogP contribution in [-0.4, -0.2) is 58.7 Å². The Balaban J connectivity index is 1.43. The van der Waals surface area contributed by atoms with Crippen molar-refractivity contribution in [3.05, 3.63) is 51.8 Å². The number of amides is 5. The Kier molecular flexibility index (Phi) is 5.97. The molecule has 40 heavy (non-hydrogen) atoms. The molecule has 0 aliphatic carbocycles. The van der Waals surface area contributed by atoms with Crippen molar-refractivity contribution in [1.82, 2.24) is 26.1 Å². The molecule has 204 valence electrons. The molecule has 14 heteroatoms.